The van der Waals surface area contributed by atoms with E-state index in [2.05, 4.69) is 169 Å². The van der Waals surface area contributed by atoms with Crippen LogP contribution in [0.3, 0.4) is 0 Å². The number of nitrogens with zero attached hydrogens (tertiary/aromatic N) is 8. The maximum Gasteiger partial charge on any atom is 0.126 e. The molecule has 2 aromatic heterocycles. The van der Waals surface area contributed by atoms with E-state index in [9.17, 15) is 0 Å². The maximum atomic E-state index is 4.53. The van der Waals surface area contributed by atoms with Crippen LogP contribution in [0.1, 0.15) is 0 Å². The molecule has 12 rings (SSSR count). The number of hydrogen-bond acceptors (Lipinski definition) is 8. The van der Waals surface area contributed by atoms with Gasteiger partial charge in [0.15, 0.2) is 0 Å². The Labute approximate surface area is 388 Å². The van der Waals surface area contributed by atoms with E-state index in [0.29, 0.717) is 0 Å². The summed E-state index contributed by atoms with van der Waals surface area (Å²) >= 11 is 0. The molecule has 0 amide bonds. The first-order valence-corrected chi connectivity index (χ1v) is 20.6. The van der Waals surface area contributed by atoms with E-state index < -0.39 is 0 Å². The normalized spacial score (nSPS) is 13.1. The summed E-state index contributed by atoms with van der Waals surface area (Å²) in [5.41, 5.74) is 10.9. The van der Waals surface area contributed by atoms with Crippen molar-refractivity contribution >= 4 is 68.5 Å². The molecule has 0 fully saturated rings. The zero-order valence-corrected chi connectivity index (χ0v) is 36.9. The van der Waals surface area contributed by atoms with Gasteiger partial charge in [-0.15, -0.1) is 37.1 Å². The molecule has 5 heterocycles. The first-order chi connectivity index (χ1) is 31.3. The van der Waals surface area contributed by atoms with Crippen molar-refractivity contribution in [2.45, 2.75) is 0 Å². The molecular weight excluding hydrogens is 965 g/mol. The van der Waals surface area contributed by atoms with E-state index in [1.165, 1.54) is 11.4 Å². The number of fused-ring (bicyclic) bond motifs is 3. The first kappa shape index (κ1) is 41.6. The van der Waals surface area contributed by atoms with Crippen molar-refractivity contribution in [1.29, 1.82) is 0 Å². The molecule has 9 heteroatoms. The summed E-state index contributed by atoms with van der Waals surface area (Å²) < 4.78 is 0. The minimum atomic E-state index is 0. The van der Waals surface area contributed by atoms with Gasteiger partial charge in [-0.25, -0.2) is 9.97 Å². The summed E-state index contributed by atoms with van der Waals surface area (Å²) in [4.78, 5) is 21.8. The van der Waals surface area contributed by atoms with Gasteiger partial charge in [0.05, 0.1) is 11.4 Å². The second-order valence-electron chi connectivity index (χ2n) is 14.5. The van der Waals surface area contributed by atoms with Crippen LogP contribution in [0, 0.1) is 38.2 Å². The van der Waals surface area contributed by atoms with Crippen LogP contribution in [0.15, 0.2) is 225 Å². The van der Waals surface area contributed by atoms with Crippen LogP contribution in [-0.4, -0.2) is 9.97 Å². The van der Waals surface area contributed by atoms with Gasteiger partial charge in [0.1, 0.15) is 11.6 Å². The fourth-order valence-corrected chi connectivity index (χ4v) is 7.63. The fraction of sp³-hybridized carbons (Fsp3) is 0. The molecule has 315 valence electrons. The van der Waals surface area contributed by atoms with E-state index in [1.54, 1.807) is 0 Å². The van der Waals surface area contributed by atoms with Crippen LogP contribution in [0.5, 0.6) is 0 Å². The molecule has 0 unspecified atom stereocenters. The molecule has 0 atom stereocenters. The third-order valence-corrected chi connectivity index (χ3v) is 10.6. The van der Waals surface area contributed by atoms with Crippen LogP contribution in [-0.2, 0) is 20.1 Å². The molecule has 0 aliphatic carbocycles. The van der Waals surface area contributed by atoms with Crippen molar-refractivity contribution in [3.05, 3.63) is 263 Å². The number of hydrogen-bond donors (Lipinski definition) is 0. The van der Waals surface area contributed by atoms with Gasteiger partial charge in [-0.3, -0.25) is 0 Å². The standard InChI is InChI=1S/C19H14N2.2C18H13N3.Ir/c1-3-9-16(10-4-1)20-15-21(17-11-5-2-6-12-17)19-14-8-7-13-18(19)20;2*1-3-8-15(9-4-1)20-14-21(16-10-5-2-6-11-16)18-17(20)12-7-13-19-18;/h1-11,13-15H;1-8,10-14H;1-10,12-14H;/q3*-2;. The summed E-state index contributed by atoms with van der Waals surface area (Å²) in [6.45, 7) is 6.23. The summed E-state index contributed by atoms with van der Waals surface area (Å²) in [6, 6.07) is 81.1. The largest absolute Gasteiger partial charge is 0.493 e. The Morgan fingerprint density at radius 3 is 1.11 bits per heavy atom. The number of rotatable bonds is 6. The Kier molecular flexibility index (Phi) is 12.7. The molecule has 0 saturated heterocycles. The average molecular weight is 1010 g/mol. The summed E-state index contributed by atoms with van der Waals surface area (Å²) in [7, 11) is 0. The maximum absolute atomic E-state index is 4.53. The summed E-state index contributed by atoms with van der Waals surface area (Å²) in [6.07, 6.45) is 3.64. The molecule has 3 aliphatic rings. The van der Waals surface area contributed by atoms with Gasteiger partial charge in [0.2, 0.25) is 0 Å². The Morgan fingerprint density at radius 2 is 0.625 bits per heavy atom. The molecule has 7 aromatic carbocycles. The number of anilines is 12. The molecule has 9 aromatic rings. The topological polar surface area (TPSA) is 45.2 Å². The minimum Gasteiger partial charge on any atom is -0.493 e. The minimum absolute atomic E-state index is 0. The zero-order valence-electron chi connectivity index (χ0n) is 34.5. The molecule has 8 nitrogen and oxygen atoms in total. The van der Waals surface area contributed by atoms with E-state index in [1.807, 2.05) is 134 Å². The van der Waals surface area contributed by atoms with E-state index in [-0.39, 0.29) is 20.1 Å². The monoisotopic (exact) mass is 1010 g/mol. The van der Waals surface area contributed by atoms with Gasteiger partial charge < -0.3 is 29.4 Å². The van der Waals surface area contributed by atoms with Crippen molar-refractivity contribution in [2.24, 2.45) is 0 Å². The Balaban J connectivity index is 0.000000121. The van der Waals surface area contributed by atoms with Crippen molar-refractivity contribution in [2.75, 3.05) is 29.4 Å². The number of para-hydroxylation sites is 8. The molecular formula is C55H40IrN8-6. The zero-order chi connectivity index (χ0) is 42.2. The van der Waals surface area contributed by atoms with E-state index >= 15 is 0 Å². The molecule has 0 bridgehead atoms. The fourth-order valence-electron chi connectivity index (χ4n) is 7.63. The van der Waals surface area contributed by atoms with Gasteiger partial charge in [-0.05, 0) is 72.8 Å². The summed E-state index contributed by atoms with van der Waals surface area (Å²) in [5, 5.41) is 0. The predicted octanol–water partition coefficient (Wildman–Crippen LogP) is 13.5. The van der Waals surface area contributed by atoms with Crippen molar-refractivity contribution in [3.63, 3.8) is 0 Å². The number of benzene rings is 7. The summed E-state index contributed by atoms with van der Waals surface area (Å²) in [5.74, 6) is 1.85. The van der Waals surface area contributed by atoms with Gasteiger partial charge in [0, 0.05) is 60.9 Å². The molecule has 3 aliphatic heterocycles. The van der Waals surface area contributed by atoms with Crippen molar-refractivity contribution in [3.8, 4) is 0 Å². The van der Waals surface area contributed by atoms with Crippen LogP contribution >= 0.6 is 0 Å². The van der Waals surface area contributed by atoms with E-state index in [4.69, 9.17) is 0 Å². The van der Waals surface area contributed by atoms with Gasteiger partial charge in [-0.1, -0.05) is 66.7 Å². The Morgan fingerprint density at radius 1 is 0.297 bits per heavy atom. The third-order valence-electron chi connectivity index (χ3n) is 10.6. The number of aromatic nitrogens is 2. The molecule has 1 radical (unpaired) electrons. The van der Waals surface area contributed by atoms with Gasteiger partial charge >= 0.3 is 0 Å². The molecule has 0 saturated carbocycles. The second-order valence-corrected chi connectivity index (χ2v) is 14.5. The molecule has 64 heavy (non-hydrogen) atoms. The smallest absolute Gasteiger partial charge is 0.126 e. The Hall–Kier alpha value is -7.71. The predicted molar refractivity (Wildman–Crippen MR) is 256 cm³/mol. The van der Waals surface area contributed by atoms with Crippen molar-refractivity contribution in [1.82, 2.24) is 9.97 Å². The van der Waals surface area contributed by atoms with Crippen LogP contribution in [0.2, 0.25) is 0 Å². The first-order valence-electron chi connectivity index (χ1n) is 20.6. The van der Waals surface area contributed by atoms with Crippen LogP contribution in [0.4, 0.5) is 68.5 Å². The van der Waals surface area contributed by atoms with E-state index in [0.717, 1.165) is 57.1 Å². The molecule has 0 spiro atoms. The van der Waals surface area contributed by atoms with Gasteiger partial charge in [-0.2, -0.15) is 91.0 Å². The SMILES string of the molecule is [Ir].[c-]1ccccc1N1[CH-]N(c2ccccc2)c2ccccc21.[c-]1ccccc1N1[CH-]N(c2ccccc2)c2cccnc21.[c-]1ccccc1N1[CH-]N(c2ccccc2)c2ncccc21. The van der Waals surface area contributed by atoms with Crippen molar-refractivity contribution < 1.29 is 20.1 Å². The second kappa shape index (κ2) is 19.6. The average Bonchev–Trinajstić information content (AvgIpc) is 4.09. The van der Waals surface area contributed by atoms with Gasteiger partial charge in [0.25, 0.3) is 0 Å². The van der Waals surface area contributed by atoms with Crippen LogP contribution in [0.25, 0.3) is 0 Å². The molecule has 0 N–H and O–H groups in total. The quantitative estimate of drug-likeness (QED) is 0.153. The number of pyridine rings is 2. The third kappa shape index (κ3) is 8.68. The Bertz CT molecular complexity index is 2350. The van der Waals surface area contributed by atoms with Crippen LogP contribution < -0.4 is 29.4 Å².